The molecular weight excluding hydrogens is 348 g/mol. The first-order valence-electron chi connectivity index (χ1n) is 11.4. The van der Waals surface area contributed by atoms with Crippen LogP contribution in [0, 0.1) is 34.5 Å². The number of hydrogen-bond donors (Lipinski definition) is 1. The van der Waals surface area contributed by atoms with E-state index in [0.717, 1.165) is 43.4 Å². The Kier molecular flexibility index (Phi) is 5.27. The first-order valence-corrected chi connectivity index (χ1v) is 11.4. The molecule has 0 aromatic rings. The fourth-order valence-corrected chi connectivity index (χ4v) is 7.97. The van der Waals surface area contributed by atoms with Crippen molar-refractivity contribution < 1.29 is 14.6 Å². The van der Waals surface area contributed by atoms with Gasteiger partial charge in [-0.3, -0.25) is 4.79 Å². The molecule has 0 bridgehead atoms. The Morgan fingerprint density at radius 3 is 2.79 bits per heavy atom. The Morgan fingerprint density at radius 1 is 1.29 bits per heavy atom. The van der Waals surface area contributed by atoms with Gasteiger partial charge in [0, 0.05) is 13.3 Å². The van der Waals surface area contributed by atoms with Crippen molar-refractivity contribution in [3.05, 3.63) is 24.3 Å². The Balaban J connectivity index is 1.55. The summed E-state index contributed by atoms with van der Waals surface area (Å²) in [6.45, 7) is 10.3. The van der Waals surface area contributed by atoms with Gasteiger partial charge in [0.2, 0.25) is 0 Å². The molecule has 3 fully saturated rings. The number of esters is 1. The second kappa shape index (κ2) is 7.31. The second-order valence-corrected chi connectivity index (χ2v) is 10.6. The van der Waals surface area contributed by atoms with Crippen LogP contribution in [0.15, 0.2) is 24.3 Å². The molecule has 0 radical (unpaired) electrons. The van der Waals surface area contributed by atoms with Gasteiger partial charge in [-0.1, -0.05) is 31.6 Å². The lowest BCUT2D eigenvalue weighted by molar-refractivity contribution is -0.148. The maximum atomic E-state index is 11.4. The minimum atomic E-state index is -0.228. The molecule has 3 nitrogen and oxygen atoms in total. The van der Waals surface area contributed by atoms with Crippen molar-refractivity contribution in [1.29, 1.82) is 0 Å². The monoisotopic (exact) mass is 386 g/mol. The Hall–Kier alpha value is -1.09. The third-order valence-electron chi connectivity index (χ3n) is 9.34. The molecule has 156 valence electrons. The normalized spacial score (nSPS) is 45.9. The van der Waals surface area contributed by atoms with Crippen LogP contribution in [-0.4, -0.2) is 23.3 Å². The van der Waals surface area contributed by atoms with E-state index in [1.165, 1.54) is 39.0 Å². The molecule has 28 heavy (non-hydrogen) atoms. The van der Waals surface area contributed by atoms with Gasteiger partial charge in [0.25, 0.3) is 0 Å². The first-order chi connectivity index (χ1) is 13.3. The topological polar surface area (TPSA) is 46.5 Å². The summed E-state index contributed by atoms with van der Waals surface area (Å²) in [4.78, 5) is 11.4. The average molecular weight is 387 g/mol. The maximum Gasteiger partial charge on any atom is 0.302 e. The van der Waals surface area contributed by atoms with E-state index >= 15 is 0 Å². The summed E-state index contributed by atoms with van der Waals surface area (Å²) in [5, 5.41) is 10.8. The number of fused-ring (bicyclic) bond motifs is 5. The zero-order valence-corrected chi connectivity index (χ0v) is 18.0. The summed E-state index contributed by atoms with van der Waals surface area (Å²) >= 11 is 0. The van der Waals surface area contributed by atoms with Crippen LogP contribution in [0.3, 0.4) is 0 Å². The minimum absolute atomic E-state index is 0.0761. The highest BCUT2D eigenvalue weighted by molar-refractivity contribution is 5.66. The molecule has 4 aliphatic carbocycles. The fourth-order valence-electron chi connectivity index (χ4n) is 7.97. The number of aliphatic hydroxyl groups is 1. The third-order valence-corrected chi connectivity index (χ3v) is 9.34. The number of rotatable bonds is 4. The molecule has 0 saturated heterocycles. The molecule has 0 aromatic heterocycles. The predicted molar refractivity (Wildman–Crippen MR) is 112 cm³/mol. The summed E-state index contributed by atoms with van der Waals surface area (Å²) in [5.41, 5.74) is 2.11. The van der Waals surface area contributed by atoms with Gasteiger partial charge in [0.1, 0.15) is 6.10 Å². The van der Waals surface area contributed by atoms with Gasteiger partial charge in [0.15, 0.2) is 0 Å². The molecule has 3 saturated carbocycles. The van der Waals surface area contributed by atoms with Crippen molar-refractivity contribution in [2.45, 2.75) is 90.8 Å². The van der Waals surface area contributed by atoms with Crippen LogP contribution in [0.4, 0.5) is 0 Å². The van der Waals surface area contributed by atoms with E-state index in [0.29, 0.717) is 5.92 Å². The molecule has 8 atom stereocenters. The molecular formula is C25H38O3. The van der Waals surface area contributed by atoms with Gasteiger partial charge in [-0.2, -0.15) is 0 Å². The van der Waals surface area contributed by atoms with Crippen LogP contribution in [0.2, 0.25) is 0 Å². The zero-order valence-electron chi connectivity index (χ0n) is 18.0. The quantitative estimate of drug-likeness (QED) is 0.517. The number of carbonyl (C=O) groups excluding carboxylic acids is 1. The largest absolute Gasteiger partial charge is 0.462 e. The Labute approximate surface area is 170 Å². The highest BCUT2D eigenvalue weighted by Crippen LogP contribution is 2.66. The van der Waals surface area contributed by atoms with Crippen molar-refractivity contribution in [3.63, 3.8) is 0 Å². The third kappa shape index (κ3) is 3.09. The zero-order chi connectivity index (χ0) is 20.1. The molecule has 0 heterocycles. The minimum Gasteiger partial charge on any atom is -0.462 e. The van der Waals surface area contributed by atoms with Crippen LogP contribution >= 0.6 is 0 Å². The number of ether oxygens (including phenoxy) is 1. The van der Waals surface area contributed by atoms with E-state index in [2.05, 4.69) is 26.5 Å². The number of aliphatic hydroxyl groups excluding tert-OH is 1. The molecule has 0 aromatic carbocycles. The molecule has 4 aliphatic rings. The summed E-state index contributed by atoms with van der Waals surface area (Å²) in [7, 11) is 0. The molecule has 0 aliphatic heterocycles. The van der Waals surface area contributed by atoms with Crippen molar-refractivity contribution in [3.8, 4) is 0 Å². The summed E-state index contributed by atoms with van der Waals surface area (Å²) < 4.78 is 5.55. The van der Waals surface area contributed by atoms with Crippen LogP contribution in [0.5, 0.6) is 0 Å². The van der Waals surface area contributed by atoms with Gasteiger partial charge in [0.05, 0.1) is 6.10 Å². The standard InChI is InChI=1S/C25H38O3/c1-5-6-23(27)22-10-9-20-19-8-7-17-15-18(28-16(2)26)11-13-24(17,3)21(19)12-14-25(20,22)4/h5,7,18-23,27H,1,6,8-15H2,2-4H3/t18-,19+,20+,21+,22-,23?,24+,25+/m1/s1. The number of hydrogen-bond acceptors (Lipinski definition) is 3. The van der Waals surface area contributed by atoms with E-state index in [4.69, 9.17) is 4.74 Å². The molecule has 0 spiro atoms. The highest BCUT2D eigenvalue weighted by atomic mass is 16.5. The van der Waals surface area contributed by atoms with Crippen LogP contribution in [0.25, 0.3) is 0 Å². The molecule has 4 rings (SSSR count). The Bertz CT molecular complexity index is 667. The molecule has 1 N–H and O–H groups in total. The van der Waals surface area contributed by atoms with Crippen molar-refractivity contribution >= 4 is 5.97 Å². The lowest BCUT2D eigenvalue weighted by Crippen LogP contribution is -2.51. The van der Waals surface area contributed by atoms with E-state index in [-0.39, 0.29) is 29.0 Å². The van der Waals surface area contributed by atoms with Gasteiger partial charge in [-0.05, 0) is 85.9 Å². The average Bonchev–Trinajstić information content (AvgIpc) is 2.99. The van der Waals surface area contributed by atoms with Crippen molar-refractivity contribution in [2.75, 3.05) is 0 Å². The Morgan fingerprint density at radius 2 is 2.07 bits per heavy atom. The van der Waals surface area contributed by atoms with Gasteiger partial charge in [-0.15, -0.1) is 6.58 Å². The van der Waals surface area contributed by atoms with Crippen molar-refractivity contribution in [2.24, 2.45) is 34.5 Å². The SMILES string of the molecule is C=CCC(O)[C@H]1CC[C@H]2[C@@H]3CC=C4C[C@H](OC(C)=O)CC[C@]4(C)[C@H]3CC[C@]12C. The van der Waals surface area contributed by atoms with Crippen LogP contribution in [-0.2, 0) is 9.53 Å². The number of carbonyl (C=O) groups is 1. The fraction of sp³-hybridized carbons (Fsp3) is 0.800. The summed E-state index contributed by atoms with van der Waals surface area (Å²) in [6.07, 6.45) is 14.2. The first kappa shape index (κ1) is 20.2. The molecule has 3 heteroatoms. The smallest absolute Gasteiger partial charge is 0.302 e. The van der Waals surface area contributed by atoms with Crippen molar-refractivity contribution in [1.82, 2.24) is 0 Å². The van der Waals surface area contributed by atoms with E-state index in [1.54, 1.807) is 5.57 Å². The van der Waals surface area contributed by atoms with E-state index < -0.39 is 0 Å². The molecule has 1 unspecified atom stereocenters. The second-order valence-electron chi connectivity index (χ2n) is 10.6. The van der Waals surface area contributed by atoms with E-state index in [1.807, 2.05) is 6.08 Å². The molecule has 0 amide bonds. The lowest BCUT2D eigenvalue weighted by Gasteiger charge is -2.58. The summed E-state index contributed by atoms with van der Waals surface area (Å²) in [5.74, 6) is 2.51. The number of allylic oxidation sites excluding steroid dienone is 1. The lowest BCUT2D eigenvalue weighted by atomic mass is 9.47. The predicted octanol–water partition coefficient (Wildman–Crippen LogP) is 5.43. The van der Waals surface area contributed by atoms with Gasteiger partial charge < -0.3 is 9.84 Å². The van der Waals surface area contributed by atoms with Gasteiger partial charge >= 0.3 is 5.97 Å². The van der Waals surface area contributed by atoms with E-state index in [9.17, 15) is 9.90 Å². The maximum absolute atomic E-state index is 11.4. The highest BCUT2D eigenvalue weighted by Gasteiger charge is 2.59. The van der Waals surface area contributed by atoms with Gasteiger partial charge in [-0.25, -0.2) is 0 Å². The van der Waals surface area contributed by atoms with Crippen LogP contribution < -0.4 is 0 Å². The summed E-state index contributed by atoms with van der Waals surface area (Å²) in [6, 6.07) is 0. The van der Waals surface area contributed by atoms with Crippen LogP contribution in [0.1, 0.15) is 78.6 Å².